The van der Waals surface area contributed by atoms with Crippen LogP contribution in [0.25, 0.3) is 0 Å². The molecule has 1 aliphatic rings. The van der Waals surface area contributed by atoms with Crippen LogP contribution in [0.15, 0.2) is 23.1 Å². The van der Waals surface area contributed by atoms with Crippen molar-refractivity contribution >= 4 is 22.4 Å². The van der Waals surface area contributed by atoms with Gasteiger partial charge in [-0.3, -0.25) is 0 Å². The van der Waals surface area contributed by atoms with Gasteiger partial charge in [-0.05, 0) is 30.9 Å². The highest BCUT2D eigenvalue weighted by atomic mass is 35.5. The first kappa shape index (κ1) is 19.0. The Morgan fingerprint density at radius 3 is 2.32 bits per heavy atom. The van der Waals surface area contributed by atoms with E-state index in [1.54, 1.807) is 13.1 Å². The van der Waals surface area contributed by atoms with Crippen molar-refractivity contribution in [1.82, 2.24) is 4.31 Å². The monoisotopic (exact) mass is 350 g/mol. The van der Waals surface area contributed by atoms with E-state index >= 15 is 0 Å². The molecular formula is C14H23ClN2O4S. The summed E-state index contributed by atoms with van der Waals surface area (Å²) < 4.78 is 37.1. The molecule has 1 unspecified atom stereocenters. The predicted octanol–water partition coefficient (Wildman–Crippen LogP) is 1.48. The summed E-state index contributed by atoms with van der Waals surface area (Å²) in [4.78, 5) is 0.182. The summed E-state index contributed by atoms with van der Waals surface area (Å²) in [6.07, 6.45) is 2.07. The summed E-state index contributed by atoms with van der Waals surface area (Å²) in [7, 11) is 0.977. The van der Waals surface area contributed by atoms with Gasteiger partial charge in [0, 0.05) is 25.7 Å². The van der Waals surface area contributed by atoms with E-state index < -0.39 is 10.0 Å². The van der Waals surface area contributed by atoms with Crippen molar-refractivity contribution in [3.8, 4) is 11.5 Å². The highest BCUT2D eigenvalue weighted by molar-refractivity contribution is 7.89. The molecule has 0 bridgehead atoms. The minimum absolute atomic E-state index is 0. The molecule has 0 aliphatic heterocycles. The fraction of sp³-hybridized carbons (Fsp3) is 0.571. The van der Waals surface area contributed by atoms with Gasteiger partial charge in [0.25, 0.3) is 0 Å². The van der Waals surface area contributed by atoms with Gasteiger partial charge in [0.15, 0.2) is 11.5 Å². The summed E-state index contributed by atoms with van der Waals surface area (Å²) >= 11 is 0. The normalized spacial score (nSPS) is 16.0. The van der Waals surface area contributed by atoms with Crippen LogP contribution in [0.1, 0.15) is 12.8 Å². The molecule has 0 heterocycles. The van der Waals surface area contributed by atoms with Gasteiger partial charge in [0.1, 0.15) is 0 Å². The Morgan fingerprint density at radius 2 is 1.86 bits per heavy atom. The van der Waals surface area contributed by atoms with Crippen molar-refractivity contribution < 1.29 is 17.9 Å². The first-order valence-corrected chi connectivity index (χ1v) is 8.29. The number of benzene rings is 1. The minimum atomic E-state index is -3.60. The van der Waals surface area contributed by atoms with Crippen molar-refractivity contribution in [2.45, 2.75) is 23.8 Å². The Hall–Kier alpha value is -1.02. The number of methoxy groups -OCH3 is 2. The second-order valence-electron chi connectivity index (χ2n) is 5.18. The van der Waals surface area contributed by atoms with Crippen molar-refractivity contribution in [3.63, 3.8) is 0 Å². The van der Waals surface area contributed by atoms with Crippen molar-refractivity contribution in [2.24, 2.45) is 11.7 Å². The number of likely N-dealkylation sites (N-methyl/N-ethyl adjacent to an activating group) is 1. The van der Waals surface area contributed by atoms with Gasteiger partial charge in [0.2, 0.25) is 10.0 Å². The Morgan fingerprint density at radius 1 is 1.27 bits per heavy atom. The molecule has 8 heteroatoms. The maximum absolute atomic E-state index is 12.7. The Labute approximate surface area is 138 Å². The average molecular weight is 351 g/mol. The molecule has 126 valence electrons. The molecule has 1 aromatic rings. The molecule has 0 radical (unpaired) electrons. The molecule has 0 amide bonds. The number of sulfonamides is 1. The van der Waals surface area contributed by atoms with Gasteiger partial charge in [-0.15, -0.1) is 12.4 Å². The van der Waals surface area contributed by atoms with Crippen LogP contribution in [-0.2, 0) is 10.0 Å². The van der Waals surface area contributed by atoms with Gasteiger partial charge in [-0.1, -0.05) is 0 Å². The highest BCUT2D eigenvalue weighted by Crippen LogP contribution is 2.37. The largest absolute Gasteiger partial charge is 0.493 e. The number of halogens is 1. The van der Waals surface area contributed by atoms with E-state index in [1.165, 1.54) is 30.7 Å². The zero-order chi connectivity index (χ0) is 15.6. The lowest BCUT2D eigenvalue weighted by Crippen LogP contribution is -2.43. The minimum Gasteiger partial charge on any atom is -0.493 e. The zero-order valence-electron chi connectivity index (χ0n) is 13.0. The molecule has 22 heavy (non-hydrogen) atoms. The average Bonchev–Trinajstić information content (AvgIpc) is 3.31. The van der Waals surface area contributed by atoms with E-state index in [0.717, 1.165) is 12.8 Å². The van der Waals surface area contributed by atoms with Crippen LogP contribution in [0, 0.1) is 5.92 Å². The van der Waals surface area contributed by atoms with E-state index in [0.29, 0.717) is 24.0 Å². The fourth-order valence-electron chi connectivity index (χ4n) is 2.44. The molecule has 0 spiro atoms. The smallest absolute Gasteiger partial charge is 0.243 e. The number of hydrogen-bond acceptors (Lipinski definition) is 5. The van der Waals surface area contributed by atoms with Crippen LogP contribution < -0.4 is 15.2 Å². The molecule has 0 aromatic heterocycles. The number of nitrogens with zero attached hydrogens (tertiary/aromatic N) is 1. The quantitative estimate of drug-likeness (QED) is 0.805. The first-order valence-electron chi connectivity index (χ1n) is 6.85. The van der Waals surface area contributed by atoms with Crippen molar-refractivity contribution in [2.75, 3.05) is 27.8 Å². The lowest BCUT2D eigenvalue weighted by Gasteiger charge is -2.26. The topological polar surface area (TPSA) is 81.9 Å². The third kappa shape index (κ3) is 3.65. The maximum atomic E-state index is 12.7. The maximum Gasteiger partial charge on any atom is 0.243 e. The van der Waals surface area contributed by atoms with Crippen LogP contribution in [0.4, 0.5) is 0 Å². The highest BCUT2D eigenvalue weighted by Gasteiger charge is 2.38. The van der Waals surface area contributed by atoms with Crippen LogP contribution >= 0.6 is 12.4 Å². The van der Waals surface area contributed by atoms with Crippen LogP contribution in [0.2, 0.25) is 0 Å². The molecule has 1 atom stereocenters. The van der Waals surface area contributed by atoms with E-state index in [4.69, 9.17) is 15.2 Å². The molecular weight excluding hydrogens is 328 g/mol. The fourth-order valence-corrected chi connectivity index (χ4v) is 3.88. The zero-order valence-corrected chi connectivity index (χ0v) is 14.6. The molecule has 6 nitrogen and oxygen atoms in total. The Kier molecular flexibility index (Phi) is 6.49. The Bertz CT molecular complexity index is 605. The molecule has 1 fully saturated rings. The SMILES string of the molecule is COc1ccc(S(=O)(=O)N(C)C(CN)C2CC2)cc1OC.Cl. The molecule has 1 aromatic carbocycles. The van der Waals surface area contributed by atoms with Crippen LogP contribution in [0.3, 0.4) is 0 Å². The van der Waals surface area contributed by atoms with Crippen molar-refractivity contribution in [3.05, 3.63) is 18.2 Å². The van der Waals surface area contributed by atoms with Crippen LogP contribution in [0.5, 0.6) is 11.5 Å². The van der Waals surface area contributed by atoms with Gasteiger partial charge in [-0.2, -0.15) is 4.31 Å². The van der Waals surface area contributed by atoms with E-state index in [9.17, 15) is 8.42 Å². The lowest BCUT2D eigenvalue weighted by atomic mass is 10.2. The van der Waals surface area contributed by atoms with E-state index in [-0.39, 0.29) is 23.3 Å². The van der Waals surface area contributed by atoms with Gasteiger partial charge >= 0.3 is 0 Å². The molecule has 2 N–H and O–H groups in total. The Balaban J connectivity index is 0.00000242. The van der Waals surface area contributed by atoms with Gasteiger partial charge in [-0.25, -0.2) is 8.42 Å². The van der Waals surface area contributed by atoms with Gasteiger partial charge < -0.3 is 15.2 Å². The predicted molar refractivity (Wildman–Crippen MR) is 87.3 cm³/mol. The summed E-state index contributed by atoms with van der Waals surface area (Å²) in [5.41, 5.74) is 5.74. The molecule has 2 rings (SSSR count). The number of rotatable bonds is 7. The second-order valence-corrected chi connectivity index (χ2v) is 7.18. The summed E-state index contributed by atoms with van der Waals surface area (Å²) in [6.45, 7) is 0.327. The summed E-state index contributed by atoms with van der Waals surface area (Å²) in [5, 5.41) is 0. The number of ether oxygens (including phenoxy) is 2. The van der Waals surface area contributed by atoms with E-state index in [1.807, 2.05) is 0 Å². The molecule has 1 saturated carbocycles. The standard InChI is InChI=1S/C14H22N2O4S.ClH/c1-16(12(9-15)10-4-5-10)21(17,18)11-6-7-13(19-2)14(8-11)20-3;/h6-8,10,12H,4-5,9,15H2,1-3H3;1H. The number of nitrogens with two attached hydrogens (primary N) is 1. The molecule has 1 aliphatic carbocycles. The third-order valence-corrected chi connectivity index (χ3v) is 5.79. The number of hydrogen-bond donors (Lipinski definition) is 1. The third-order valence-electron chi connectivity index (χ3n) is 3.91. The van der Waals surface area contributed by atoms with Crippen molar-refractivity contribution in [1.29, 1.82) is 0 Å². The van der Waals surface area contributed by atoms with Crippen LogP contribution in [-0.4, -0.2) is 46.6 Å². The van der Waals surface area contributed by atoms with Gasteiger partial charge in [0.05, 0.1) is 19.1 Å². The second kappa shape index (κ2) is 7.50. The summed E-state index contributed by atoms with van der Waals surface area (Å²) in [6, 6.07) is 4.44. The first-order chi connectivity index (χ1) is 9.95. The lowest BCUT2D eigenvalue weighted by molar-refractivity contribution is 0.339. The molecule has 0 saturated heterocycles. The van der Waals surface area contributed by atoms with E-state index in [2.05, 4.69) is 0 Å². The summed E-state index contributed by atoms with van der Waals surface area (Å²) in [5.74, 6) is 1.26.